The average Bonchev–Trinajstić information content (AvgIpc) is 2.36. The van der Waals surface area contributed by atoms with E-state index in [1.165, 1.54) is 18.2 Å². The van der Waals surface area contributed by atoms with Gasteiger partial charge >= 0.3 is 5.97 Å². The summed E-state index contributed by atoms with van der Waals surface area (Å²) in [6.45, 7) is 1.72. The van der Waals surface area contributed by atoms with Gasteiger partial charge in [0.15, 0.2) is 0 Å². The summed E-state index contributed by atoms with van der Waals surface area (Å²) in [5.41, 5.74) is 5.59. The lowest BCUT2D eigenvalue weighted by atomic mass is 10.1. The van der Waals surface area contributed by atoms with Gasteiger partial charge in [-0.3, -0.25) is 14.4 Å². The maximum atomic E-state index is 11.7. The van der Waals surface area contributed by atoms with E-state index in [1.807, 2.05) is 0 Å². The van der Waals surface area contributed by atoms with Gasteiger partial charge in [0.1, 0.15) is 6.54 Å². The lowest BCUT2D eigenvalue weighted by Crippen LogP contribution is -2.30. The van der Waals surface area contributed by atoms with Crippen LogP contribution in [0.1, 0.15) is 27.6 Å². The van der Waals surface area contributed by atoms with Gasteiger partial charge in [0.05, 0.1) is 6.61 Å². The highest BCUT2D eigenvalue weighted by Gasteiger charge is 2.10. The quantitative estimate of drug-likeness (QED) is 0.723. The number of esters is 1. The summed E-state index contributed by atoms with van der Waals surface area (Å²) in [4.78, 5) is 33.6. The molecule has 0 fully saturated rings. The number of amides is 2. The highest BCUT2D eigenvalue weighted by molar-refractivity contribution is 5.99. The van der Waals surface area contributed by atoms with E-state index in [1.54, 1.807) is 13.0 Å². The number of nitrogens with one attached hydrogen (secondary N) is 1. The molecule has 0 bridgehead atoms. The Morgan fingerprint density at radius 1 is 1.28 bits per heavy atom. The van der Waals surface area contributed by atoms with E-state index < -0.39 is 17.8 Å². The average molecular weight is 250 g/mol. The topological polar surface area (TPSA) is 98.5 Å². The zero-order valence-corrected chi connectivity index (χ0v) is 9.93. The molecule has 0 aliphatic heterocycles. The lowest BCUT2D eigenvalue weighted by Gasteiger charge is -2.05. The Kier molecular flexibility index (Phi) is 4.86. The molecule has 3 N–H and O–H groups in total. The third-order valence-electron chi connectivity index (χ3n) is 2.11. The molecule has 0 aromatic heterocycles. The summed E-state index contributed by atoms with van der Waals surface area (Å²) in [6, 6.07) is 5.93. The van der Waals surface area contributed by atoms with E-state index in [-0.39, 0.29) is 24.3 Å². The van der Waals surface area contributed by atoms with Crippen molar-refractivity contribution >= 4 is 17.8 Å². The first-order chi connectivity index (χ1) is 8.54. The summed E-state index contributed by atoms with van der Waals surface area (Å²) in [5.74, 6) is -1.60. The molecule has 2 amide bonds. The molecule has 0 saturated carbocycles. The molecular weight excluding hydrogens is 236 g/mol. The van der Waals surface area contributed by atoms with Gasteiger partial charge in [-0.05, 0) is 25.1 Å². The number of rotatable bonds is 5. The molecule has 96 valence electrons. The van der Waals surface area contributed by atoms with Gasteiger partial charge in [0.25, 0.3) is 5.91 Å². The molecule has 0 unspecified atom stereocenters. The fourth-order valence-corrected chi connectivity index (χ4v) is 1.28. The molecule has 0 atom stereocenters. The molecule has 6 heteroatoms. The number of hydrogen-bond donors (Lipinski definition) is 2. The monoisotopic (exact) mass is 250 g/mol. The van der Waals surface area contributed by atoms with E-state index in [0.717, 1.165) is 0 Å². The highest BCUT2D eigenvalue weighted by Crippen LogP contribution is 2.04. The molecule has 1 rings (SSSR count). The van der Waals surface area contributed by atoms with Crippen LogP contribution in [0, 0.1) is 0 Å². The summed E-state index contributed by atoms with van der Waals surface area (Å²) in [5, 5.41) is 2.38. The van der Waals surface area contributed by atoms with Crippen molar-refractivity contribution < 1.29 is 19.1 Å². The Morgan fingerprint density at radius 2 is 1.94 bits per heavy atom. The Labute approximate surface area is 104 Å². The first kappa shape index (κ1) is 13.7. The molecule has 6 nitrogen and oxygen atoms in total. The third kappa shape index (κ3) is 3.89. The third-order valence-corrected chi connectivity index (χ3v) is 2.11. The maximum absolute atomic E-state index is 11.7. The van der Waals surface area contributed by atoms with Crippen molar-refractivity contribution in [3.63, 3.8) is 0 Å². The second-order valence-electron chi connectivity index (χ2n) is 3.43. The second kappa shape index (κ2) is 6.39. The zero-order valence-electron chi connectivity index (χ0n) is 9.93. The molecule has 18 heavy (non-hydrogen) atoms. The van der Waals surface area contributed by atoms with Crippen LogP contribution in [-0.2, 0) is 9.53 Å². The van der Waals surface area contributed by atoms with Gasteiger partial charge in [-0.15, -0.1) is 0 Å². The summed E-state index contributed by atoms with van der Waals surface area (Å²) >= 11 is 0. The summed E-state index contributed by atoms with van der Waals surface area (Å²) < 4.78 is 4.66. The maximum Gasteiger partial charge on any atom is 0.325 e. The van der Waals surface area contributed by atoms with Crippen LogP contribution in [0.25, 0.3) is 0 Å². The first-order valence-electron chi connectivity index (χ1n) is 5.38. The van der Waals surface area contributed by atoms with Gasteiger partial charge in [-0.1, -0.05) is 6.07 Å². The van der Waals surface area contributed by atoms with E-state index in [4.69, 9.17) is 5.73 Å². The van der Waals surface area contributed by atoms with Gasteiger partial charge in [-0.25, -0.2) is 0 Å². The Hall–Kier alpha value is -2.37. The largest absolute Gasteiger partial charge is 0.465 e. The zero-order chi connectivity index (χ0) is 13.5. The smallest absolute Gasteiger partial charge is 0.325 e. The molecule has 0 radical (unpaired) electrons. The standard InChI is InChI=1S/C12H14N2O4/c1-2-18-10(15)7-14-12(17)9-5-3-4-8(6-9)11(13)16/h3-6H,2,7H2,1H3,(H2,13,16)(H,14,17). The normalized spacial score (nSPS) is 9.61. The molecule has 0 heterocycles. The molecule has 0 aliphatic carbocycles. The minimum absolute atomic E-state index is 0.215. The van der Waals surface area contributed by atoms with Crippen LogP contribution in [0.2, 0.25) is 0 Å². The van der Waals surface area contributed by atoms with E-state index >= 15 is 0 Å². The number of carbonyl (C=O) groups excluding carboxylic acids is 3. The number of hydrogen-bond acceptors (Lipinski definition) is 4. The summed E-state index contributed by atoms with van der Waals surface area (Å²) in [6.07, 6.45) is 0. The fraction of sp³-hybridized carbons (Fsp3) is 0.250. The first-order valence-corrected chi connectivity index (χ1v) is 5.38. The molecule has 0 saturated heterocycles. The molecular formula is C12H14N2O4. The highest BCUT2D eigenvalue weighted by atomic mass is 16.5. The van der Waals surface area contributed by atoms with Crippen LogP contribution < -0.4 is 11.1 Å². The predicted molar refractivity (Wildman–Crippen MR) is 63.9 cm³/mol. The number of benzene rings is 1. The van der Waals surface area contributed by atoms with Crippen molar-refractivity contribution in [1.29, 1.82) is 0 Å². The van der Waals surface area contributed by atoms with Crippen LogP contribution >= 0.6 is 0 Å². The Morgan fingerprint density at radius 3 is 2.56 bits per heavy atom. The van der Waals surface area contributed by atoms with Crippen molar-refractivity contribution in [3.05, 3.63) is 35.4 Å². The SMILES string of the molecule is CCOC(=O)CNC(=O)c1cccc(C(N)=O)c1. The van der Waals surface area contributed by atoms with Crippen molar-refractivity contribution in [3.8, 4) is 0 Å². The van der Waals surface area contributed by atoms with Crippen molar-refractivity contribution in [2.45, 2.75) is 6.92 Å². The number of primary amides is 1. The van der Waals surface area contributed by atoms with E-state index in [0.29, 0.717) is 0 Å². The Balaban J connectivity index is 2.64. The van der Waals surface area contributed by atoms with Crippen molar-refractivity contribution in [2.75, 3.05) is 13.2 Å². The van der Waals surface area contributed by atoms with Crippen LogP contribution in [-0.4, -0.2) is 30.9 Å². The number of nitrogens with two attached hydrogens (primary N) is 1. The van der Waals surface area contributed by atoms with Gasteiger partial charge in [-0.2, -0.15) is 0 Å². The van der Waals surface area contributed by atoms with E-state index in [2.05, 4.69) is 10.1 Å². The fourth-order valence-electron chi connectivity index (χ4n) is 1.28. The lowest BCUT2D eigenvalue weighted by molar-refractivity contribution is -0.141. The van der Waals surface area contributed by atoms with Crippen molar-refractivity contribution in [1.82, 2.24) is 5.32 Å². The number of carbonyl (C=O) groups is 3. The number of ether oxygens (including phenoxy) is 1. The second-order valence-corrected chi connectivity index (χ2v) is 3.43. The van der Waals surface area contributed by atoms with Crippen LogP contribution in [0.3, 0.4) is 0 Å². The minimum atomic E-state index is -0.616. The van der Waals surface area contributed by atoms with Gasteiger partial charge in [0.2, 0.25) is 5.91 Å². The molecule has 0 aliphatic rings. The summed E-state index contributed by atoms with van der Waals surface area (Å²) in [7, 11) is 0. The van der Waals surface area contributed by atoms with Crippen molar-refractivity contribution in [2.24, 2.45) is 5.73 Å². The molecule has 1 aromatic rings. The Bertz CT molecular complexity index is 471. The van der Waals surface area contributed by atoms with Crippen LogP contribution in [0.4, 0.5) is 0 Å². The molecule has 1 aromatic carbocycles. The van der Waals surface area contributed by atoms with Crippen LogP contribution in [0.15, 0.2) is 24.3 Å². The molecule has 0 spiro atoms. The predicted octanol–water partition coefficient (Wildman–Crippen LogP) is 0.0784. The van der Waals surface area contributed by atoms with Gasteiger partial charge < -0.3 is 15.8 Å². The van der Waals surface area contributed by atoms with E-state index in [9.17, 15) is 14.4 Å². The van der Waals surface area contributed by atoms with Gasteiger partial charge in [0, 0.05) is 11.1 Å². The van der Waals surface area contributed by atoms with Crippen LogP contribution in [0.5, 0.6) is 0 Å². The minimum Gasteiger partial charge on any atom is -0.465 e.